The first-order valence-corrected chi connectivity index (χ1v) is 5.78. The summed E-state index contributed by atoms with van der Waals surface area (Å²) >= 11 is 0. The van der Waals surface area contributed by atoms with Gasteiger partial charge in [-0.3, -0.25) is 14.8 Å². The van der Waals surface area contributed by atoms with Gasteiger partial charge in [-0.2, -0.15) is 0 Å². The summed E-state index contributed by atoms with van der Waals surface area (Å²) in [5.74, 6) is -0.953. The minimum atomic E-state index is -0.697. The van der Waals surface area contributed by atoms with E-state index in [-0.39, 0.29) is 11.8 Å². The fourth-order valence-corrected chi connectivity index (χ4v) is 2.46. The van der Waals surface area contributed by atoms with Gasteiger partial charge in [0.15, 0.2) is 0 Å². The van der Waals surface area contributed by atoms with Crippen molar-refractivity contribution in [3.63, 3.8) is 0 Å². The van der Waals surface area contributed by atoms with Crippen molar-refractivity contribution in [2.24, 2.45) is 5.92 Å². The SMILES string of the molecule is O=C(O)C1CCCCCC1c1cnccn1. The van der Waals surface area contributed by atoms with Crippen LogP contribution >= 0.6 is 0 Å². The summed E-state index contributed by atoms with van der Waals surface area (Å²) in [6, 6.07) is 0. The molecule has 4 nitrogen and oxygen atoms in total. The highest BCUT2D eigenvalue weighted by molar-refractivity contribution is 5.71. The minimum absolute atomic E-state index is 0.0358. The van der Waals surface area contributed by atoms with E-state index in [1.807, 2.05) is 0 Å². The van der Waals surface area contributed by atoms with Gasteiger partial charge in [0.25, 0.3) is 0 Å². The molecule has 0 bridgehead atoms. The molecule has 0 spiro atoms. The number of carbonyl (C=O) groups is 1. The predicted molar refractivity (Wildman–Crippen MR) is 59.0 cm³/mol. The van der Waals surface area contributed by atoms with Gasteiger partial charge in [-0.25, -0.2) is 0 Å². The van der Waals surface area contributed by atoms with Crippen LogP contribution in [0.1, 0.15) is 43.7 Å². The van der Waals surface area contributed by atoms with E-state index in [0.717, 1.165) is 37.8 Å². The summed E-state index contributed by atoms with van der Waals surface area (Å²) in [7, 11) is 0. The third kappa shape index (κ3) is 2.38. The minimum Gasteiger partial charge on any atom is -0.481 e. The highest BCUT2D eigenvalue weighted by atomic mass is 16.4. The zero-order valence-corrected chi connectivity index (χ0v) is 9.17. The Morgan fingerprint density at radius 1 is 1.25 bits per heavy atom. The number of aliphatic carboxylic acids is 1. The van der Waals surface area contributed by atoms with Crippen LogP contribution in [0, 0.1) is 5.92 Å². The Morgan fingerprint density at radius 3 is 2.75 bits per heavy atom. The van der Waals surface area contributed by atoms with Crippen LogP contribution in [0.15, 0.2) is 18.6 Å². The molecule has 2 atom stereocenters. The second-order valence-electron chi connectivity index (χ2n) is 4.32. The Bertz CT molecular complexity index is 353. The quantitative estimate of drug-likeness (QED) is 0.776. The van der Waals surface area contributed by atoms with E-state index in [0.29, 0.717) is 0 Å². The summed E-state index contributed by atoms with van der Waals surface area (Å²) in [6.07, 6.45) is 9.85. The average Bonchev–Trinajstić information content (AvgIpc) is 2.55. The van der Waals surface area contributed by atoms with E-state index in [1.165, 1.54) is 0 Å². The first kappa shape index (κ1) is 11.0. The predicted octanol–water partition coefficient (Wildman–Crippen LogP) is 2.23. The van der Waals surface area contributed by atoms with Crippen molar-refractivity contribution in [2.75, 3.05) is 0 Å². The number of nitrogens with zero attached hydrogens (tertiary/aromatic N) is 2. The average molecular weight is 220 g/mol. The molecule has 0 radical (unpaired) electrons. The largest absolute Gasteiger partial charge is 0.481 e. The van der Waals surface area contributed by atoms with Crippen LogP contribution < -0.4 is 0 Å². The maximum atomic E-state index is 11.2. The summed E-state index contributed by atoms with van der Waals surface area (Å²) in [5, 5.41) is 9.25. The third-order valence-corrected chi connectivity index (χ3v) is 3.30. The van der Waals surface area contributed by atoms with Crippen molar-refractivity contribution in [3.05, 3.63) is 24.3 Å². The van der Waals surface area contributed by atoms with Crippen molar-refractivity contribution in [3.8, 4) is 0 Å². The second kappa shape index (κ2) is 5.05. The molecule has 16 heavy (non-hydrogen) atoms. The molecule has 1 saturated carbocycles. The van der Waals surface area contributed by atoms with Gasteiger partial charge in [-0.1, -0.05) is 19.3 Å². The van der Waals surface area contributed by atoms with Crippen molar-refractivity contribution >= 4 is 5.97 Å². The number of carboxylic acid groups (broad SMARTS) is 1. The zero-order valence-electron chi connectivity index (χ0n) is 9.17. The molecule has 1 aromatic rings. The first-order valence-electron chi connectivity index (χ1n) is 5.78. The lowest BCUT2D eigenvalue weighted by Crippen LogP contribution is -2.21. The first-order chi connectivity index (χ1) is 7.79. The Hall–Kier alpha value is -1.45. The fourth-order valence-electron chi connectivity index (χ4n) is 2.46. The Morgan fingerprint density at radius 2 is 2.06 bits per heavy atom. The van der Waals surface area contributed by atoms with Crippen LogP contribution in [0.3, 0.4) is 0 Å². The third-order valence-electron chi connectivity index (χ3n) is 3.30. The van der Waals surface area contributed by atoms with E-state index >= 15 is 0 Å². The zero-order chi connectivity index (χ0) is 11.4. The summed E-state index contributed by atoms with van der Waals surface area (Å²) in [5.41, 5.74) is 0.830. The Labute approximate surface area is 94.7 Å². The lowest BCUT2D eigenvalue weighted by Gasteiger charge is -2.20. The van der Waals surface area contributed by atoms with Crippen LogP contribution in [0.2, 0.25) is 0 Å². The summed E-state index contributed by atoms with van der Waals surface area (Å²) in [6.45, 7) is 0. The van der Waals surface area contributed by atoms with Crippen molar-refractivity contribution in [1.82, 2.24) is 9.97 Å². The molecular weight excluding hydrogens is 204 g/mol. The van der Waals surface area contributed by atoms with E-state index in [2.05, 4.69) is 9.97 Å². The van der Waals surface area contributed by atoms with Crippen LogP contribution in [0.4, 0.5) is 0 Å². The van der Waals surface area contributed by atoms with Gasteiger partial charge in [0.2, 0.25) is 0 Å². The van der Waals surface area contributed by atoms with Crippen LogP contribution in [0.5, 0.6) is 0 Å². The van der Waals surface area contributed by atoms with Gasteiger partial charge in [0.05, 0.1) is 11.6 Å². The molecule has 0 amide bonds. The van der Waals surface area contributed by atoms with E-state index in [9.17, 15) is 9.90 Å². The molecule has 2 unspecified atom stereocenters. The molecule has 1 aliphatic rings. The second-order valence-corrected chi connectivity index (χ2v) is 4.32. The fraction of sp³-hybridized carbons (Fsp3) is 0.583. The highest BCUT2D eigenvalue weighted by Crippen LogP contribution is 2.35. The standard InChI is InChI=1S/C12H16N2O2/c15-12(16)10-5-3-1-2-4-9(10)11-8-13-6-7-14-11/h6-10H,1-5H2,(H,15,16). The number of rotatable bonds is 2. The molecule has 1 heterocycles. The lowest BCUT2D eigenvalue weighted by atomic mass is 9.85. The highest BCUT2D eigenvalue weighted by Gasteiger charge is 2.31. The van der Waals surface area contributed by atoms with Crippen LogP contribution in [0.25, 0.3) is 0 Å². The molecule has 1 aromatic heterocycles. The topological polar surface area (TPSA) is 63.1 Å². The molecule has 86 valence electrons. The molecular formula is C12H16N2O2. The normalized spacial score (nSPS) is 26.0. The van der Waals surface area contributed by atoms with Gasteiger partial charge >= 0.3 is 5.97 Å². The number of carboxylic acids is 1. The Kier molecular flexibility index (Phi) is 3.49. The van der Waals surface area contributed by atoms with Crippen molar-refractivity contribution in [1.29, 1.82) is 0 Å². The summed E-state index contributed by atoms with van der Waals surface area (Å²) in [4.78, 5) is 19.5. The van der Waals surface area contributed by atoms with E-state index in [4.69, 9.17) is 0 Å². The van der Waals surface area contributed by atoms with Gasteiger partial charge < -0.3 is 5.11 Å². The number of hydrogen-bond acceptors (Lipinski definition) is 3. The molecule has 0 saturated heterocycles. The van der Waals surface area contributed by atoms with Crippen LogP contribution in [-0.4, -0.2) is 21.0 Å². The maximum absolute atomic E-state index is 11.2. The van der Waals surface area contributed by atoms with E-state index in [1.54, 1.807) is 18.6 Å². The van der Waals surface area contributed by atoms with Gasteiger partial charge in [-0.15, -0.1) is 0 Å². The molecule has 2 rings (SSSR count). The van der Waals surface area contributed by atoms with Gasteiger partial charge in [-0.05, 0) is 12.8 Å². The number of aromatic nitrogens is 2. The van der Waals surface area contributed by atoms with Gasteiger partial charge in [0.1, 0.15) is 0 Å². The van der Waals surface area contributed by atoms with Gasteiger partial charge in [0, 0.05) is 24.5 Å². The molecule has 1 N–H and O–H groups in total. The lowest BCUT2D eigenvalue weighted by molar-refractivity contribution is -0.142. The molecule has 1 fully saturated rings. The van der Waals surface area contributed by atoms with Crippen molar-refractivity contribution in [2.45, 2.75) is 38.0 Å². The maximum Gasteiger partial charge on any atom is 0.307 e. The molecule has 4 heteroatoms. The van der Waals surface area contributed by atoms with Crippen molar-refractivity contribution < 1.29 is 9.90 Å². The van der Waals surface area contributed by atoms with Crippen LogP contribution in [-0.2, 0) is 4.79 Å². The monoisotopic (exact) mass is 220 g/mol. The number of hydrogen-bond donors (Lipinski definition) is 1. The molecule has 0 aromatic carbocycles. The molecule has 1 aliphatic carbocycles. The van der Waals surface area contributed by atoms with E-state index < -0.39 is 5.97 Å². The molecule has 0 aliphatic heterocycles. The Balaban J connectivity index is 2.24. The summed E-state index contributed by atoms with van der Waals surface area (Å²) < 4.78 is 0. The smallest absolute Gasteiger partial charge is 0.307 e.